The summed E-state index contributed by atoms with van der Waals surface area (Å²) in [5.74, 6) is -0.636. The third kappa shape index (κ3) is 3.39. The molecule has 0 atom stereocenters. The van der Waals surface area contributed by atoms with Crippen LogP contribution in [-0.4, -0.2) is 27.8 Å². The molecule has 1 aromatic carbocycles. The lowest BCUT2D eigenvalue weighted by atomic mass is 10.2. The van der Waals surface area contributed by atoms with Gasteiger partial charge >= 0.3 is 5.97 Å². The van der Waals surface area contributed by atoms with Crippen LogP contribution in [0.3, 0.4) is 0 Å². The minimum Gasteiger partial charge on any atom is -0.465 e. The van der Waals surface area contributed by atoms with Crippen LogP contribution in [0.15, 0.2) is 18.2 Å². The van der Waals surface area contributed by atoms with Crippen molar-refractivity contribution in [1.29, 1.82) is 0 Å². The Morgan fingerprint density at radius 1 is 1.44 bits per heavy atom. The summed E-state index contributed by atoms with van der Waals surface area (Å²) < 4.78 is 28.8. The van der Waals surface area contributed by atoms with E-state index >= 15 is 0 Å². The van der Waals surface area contributed by atoms with E-state index in [4.69, 9.17) is 11.6 Å². The molecule has 0 spiro atoms. The zero-order valence-corrected chi connectivity index (χ0v) is 10.2. The average Bonchev–Trinajstić information content (AvgIpc) is 2.14. The first-order valence-electron chi connectivity index (χ1n) is 4.19. The van der Waals surface area contributed by atoms with Crippen LogP contribution >= 0.6 is 11.6 Å². The SMILES string of the molecule is COC(=O)c1ccc(Cl)cc1NS(C)(=O)=O. The fourth-order valence-electron chi connectivity index (χ4n) is 1.09. The van der Waals surface area contributed by atoms with E-state index in [2.05, 4.69) is 9.46 Å². The normalized spacial score (nSPS) is 10.9. The highest BCUT2D eigenvalue weighted by Crippen LogP contribution is 2.22. The van der Waals surface area contributed by atoms with E-state index in [0.717, 1.165) is 6.26 Å². The molecule has 0 aliphatic rings. The molecule has 16 heavy (non-hydrogen) atoms. The number of benzene rings is 1. The lowest BCUT2D eigenvalue weighted by molar-refractivity contribution is 0.0602. The van der Waals surface area contributed by atoms with Gasteiger partial charge in [0, 0.05) is 5.02 Å². The van der Waals surface area contributed by atoms with E-state index in [9.17, 15) is 13.2 Å². The smallest absolute Gasteiger partial charge is 0.339 e. The van der Waals surface area contributed by atoms with Crippen molar-refractivity contribution in [3.8, 4) is 0 Å². The van der Waals surface area contributed by atoms with Gasteiger partial charge in [-0.1, -0.05) is 11.6 Å². The van der Waals surface area contributed by atoms with Crippen LogP contribution in [0.4, 0.5) is 5.69 Å². The van der Waals surface area contributed by atoms with E-state index in [0.29, 0.717) is 5.02 Å². The molecule has 0 heterocycles. The molecule has 0 saturated carbocycles. The third-order valence-corrected chi connectivity index (χ3v) is 2.51. The standard InChI is InChI=1S/C9H10ClNO4S/c1-15-9(12)7-4-3-6(10)5-8(7)11-16(2,13)14/h3-5,11H,1-2H3. The first-order valence-corrected chi connectivity index (χ1v) is 6.46. The number of rotatable bonds is 3. The first kappa shape index (κ1) is 12.8. The lowest BCUT2D eigenvalue weighted by Crippen LogP contribution is -2.13. The number of esters is 1. The van der Waals surface area contributed by atoms with E-state index in [-0.39, 0.29) is 11.3 Å². The van der Waals surface area contributed by atoms with Gasteiger partial charge in [-0.2, -0.15) is 0 Å². The topological polar surface area (TPSA) is 72.5 Å². The molecule has 1 rings (SSSR count). The maximum absolute atomic E-state index is 11.3. The van der Waals surface area contributed by atoms with Crippen LogP contribution < -0.4 is 4.72 Å². The van der Waals surface area contributed by atoms with Crippen LogP contribution in [-0.2, 0) is 14.8 Å². The van der Waals surface area contributed by atoms with Gasteiger partial charge in [-0.05, 0) is 18.2 Å². The highest BCUT2D eigenvalue weighted by Gasteiger charge is 2.14. The summed E-state index contributed by atoms with van der Waals surface area (Å²) in [5, 5.41) is 0.318. The van der Waals surface area contributed by atoms with Crippen molar-refractivity contribution in [3.05, 3.63) is 28.8 Å². The molecular formula is C9H10ClNO4S. The molecule has 0 unspecified atom stereocenters. The Balaban J connectivity index is 3.23. The minimum atomic E-state index is -3.47. The Morgan fingerprint density at radius 2 is 2.06 bits per heavy atom. The van der Waals surface area contributed by atoms with Crippen LogP contribution in [0.1, 0.15) is 10.4 Å². The van der Waals surface area contributed by atoms with Crippen LogP contribution in [0, 0.1) is 0 Å². The van der Waals surface area contributed by atoms with Crippen LogP contribution in [0.5, 0.6) is 0 Å². The van der Waals surface area contributed by atoms with E-state index in [1.54, 1.807) is 0 Å². The summed E-state index contributed by atoms with van der Waals surface area (Å²) >= 11 is 5.71. The van der Waals surface area contributed by atoms with Crippen molar-refractivity contribution in [2.24, 2.45) is 0 Å². The molecule has 88 valence electrons. The highest BCUT2D eigenvalue weighted by atomic mass is 35.5. The third-order valence-electron chi connectivity index (χ3n) is 1.68. The van der Waals surface area contributed by atoms with E-state index in [1.807, 2.05) is 0 Å². The Labute approximate surface area is 98.4 Å². The van der Waals surface area contributed by atoms with Crippen molar-refractivity contribution in [2.75, 3.05) is 18.1 Å². The van der Waals surface area contributed by atoms with Crippen molar-refractivity contribution in [3.63, 3.8) is 0 Å². The summed E-state index contributed by atoms with van der Waals surface area (Å²) in [7, 11) is -2.27. The largest absolute Gasteiger partial charge is 0.465 e. The van der Waals surface area contributed by atoms with Crippen molar-refractivity contribution >= 4 is 33.3 Å². The number of ether oxygens (including phenoxy) is 1. The Hall–Kier alpha value is -1.27. The lowest BCUT2D eigenvalue weighted by Gasteiger charge is -2.09. The first-order chi connectivity index (χ1) is 7.33. The zero-order chi connectivity index (χ0) is 12.3. The van der Waals surface area contributed by atoms with Gasteiger partial charge < -0.3 is 4.74 Å². The van der Waals surface area contributed by atoms with Gasteiger partial charge in [-0.15, -0.1) is 0 Å². The average molecular weight is 264 g/mol. The summed E-state index contributed by atoms with van der Waals surface area (Å²) in [6, 6.07) is 4.21. The van der Waals surface area contributed by atoms with Gasteiger partial charge in [0.25, 0.3) is 0 Å². The molecule has 5 nitrogen and oxygen atoms in total. The molecule has 0 radical (unpaired) electrons. The summed E-state index contributed by atoms with van der Waals surface area (Å²) in [6.07, 6.45) is 0.981. The van der Waals surface area contributed by atoms with Crippen molar-refractivity contribution < 1.29 is 17.9 Å². The van der Waals surface area contributed by atoms with Gasteiger partial charge in [0.15, 0.2) is 0 Å². The van der Waals surface area contributed by atoms with Gasteiger partial charge in [-0.3, -0.25) is 4.72 Å². The number of hydrogen-bond acceptors (Lipinski definition) is 4. The zero-order valence-electron chi connectivity index (χ0n) is 8.65. The fraction of sp³-hybridized carbons (Fsp3) is 0.222. The summed E-state index contributed by atoms with van der Waals surface area (Å²) in [4.78, 5) is 11.3. The number of carbonyl (C=O) groups is 1. The molecular weight excluding hydrogens is 254 g/mol. The van der Waals surface area contributed by atoms with Crippen LogP contribution in [0.25, 0.3) is 0 Å². The molecule has 7 heteroatoms. The second-order valence-corrected chi connectivity index (χ2v) is 5.24. The number of sulfonamides is 1. The molecule has 0 fully saturated rings. The maximum atomic E-state index is 11.3. The second-order valence-electron chi connectivity index (χ2n) is 3.06. The molecule has 0 saturated heterocycles. The van der Waals surface area contributed by atoms with Crippen molar-refractivity contribution in [2.45, 2.75) is 0 Å². The number of hydrogen-bond donors (Lipinski definition) is 1. The molecule has 0 bridgehead atoms. The fourth-order valence-corrected chi connectivity index (χ4v) is 1.83. The maximum Gasteiger partial charge on any atom is 0.339 e. The number of nitrogens with one attached hydrogen (secondary N) is 1. The van der Waals surface area contributed by atoms with Gasteiger partial charge in [0.1, 0.15) is 0 Å². The molecule has 0 aliphatic carbocycles. The Bertz CT molecular complexity index is 512. The molecule has 1 aromatic rings. The second kappa shape index (κ2) is 4.71. The highest BCUT2D eigenvalue weighted by molar-refractivity contribution is 7.92. The Morgan fingerprint density at radius 3 is 2.56 bits per heavy atom. The minimum absolute atomic E-state index is 0.0989. The monoisotopic (exact) mass is 263 g/mol. The molecule has 0 aromatic heterocycles. The molecule has 0 amide bonds. The van der Waals surface area contributed by atoms with E-state index < -0.39 is 16.0 Å². The number of carbonyl (C=O) groups excluding carboxylic acids is 1. The van der Waals surface area contributed by atoms with E-state index in [1.165, 1.54) is 25.3 Å². The van der Waals surface area contributed by atoms with Crippen LogP contribution in [0.2, 0.25) is 5.02 Å². The predicted molar refractivity (Wildman–Crippen MR) is 61.3 cm³/mol. The summed E-state index contributed by atoms with van der Waals surface area (Å²) in [5.41, 5.74) is 0.208. The van der Waals surface area contributed by atoms with Gasteiger partial charge in [0.2, 0.25) is 10.0 Å². The number of anilines is 1. The number of methoxy groups -OCH3 is 1. The van der Waals surface area contributed by atoms with Gasteiger partial charge in [0.05, 0.1) is 24.6 Å². The molecule has 1 N–H and O–H groups in total. The quantitative estimate of drug-likeness (QED) is 0.839. The van der Waals surface area contributed by atoms with Crippen molar-refractivity contribution in [1.82, 2.24) is 0 Å². The molecule has 0 aliphatic heterocycles. The summed E-state index contributed by atoms with van der Waals surface area (Å²) in [6.45, 7) is 0. The Kier molecular flexibility index (Phi) is 3.77. The number of halogens is 1. The van der Waals surface area contributed by atoms with Gasteiger partial charge in [-0.25, -0.2) is 13.2 Å². The predicted octanol–water partition coefficient (Wildman–Crippen LogP) is 1.50.